The Kier molecular flexibility index (Phi) is 4.58. The van der Waals surface area contributed by atoms with E-state index in [0.717, 1.165) is 6.07 Å². The minimum absolute atomic E-state index is 0.0569. The van der Waals surface area contributed by atoms with Gasteiger partial charge in [-0.2, -0.15) is 13.2 Å². The summed E-state index contributed by atoms with van der Waals surface area (Å²) in [4.78, 5) is 23.5. The van der Waals surface area contributed by atoms with Gasteiger partial charge < -0.3 is 10.6 Å². The lowest BCUT2D eigenvalue weighted by molar-refractivity contribution is -0.141. The predicted molar refractivity (Wildman–Crippen MR) is 74.3 cm³/mol. The van der Waals surface area contributed by atoms with Crippen molar-refractivity contribution in [2.24, 2.45) is 5.92 Å². The third-order valence-corrected chi connectivity index (χ3v) is 3.56. The number of aromatic nitrogens is 2. The number of rotatable bonds is 4. The summed E-state index contributed by atoms with van der Waals surface area (Å²) in [5.74, 6) is -0.869. The van der Waals surface area contributed by atoms with Gasteiger partial charge >= 0.3 is 6.18 Å². The highest BCUT2D eigenvalue weighted by Crippen LogP contribution is 2.27. The molecule has 0 spiro atoms. The van der Waals surface area contributed by atoms with Crippen molar-refractivity contribution < 1.29 is 22.8 Å². The molecule has 9 heteroatoms. The highest BCUT2D eigenvalue weighted by atomic mass is 19.4. The van der Waals surface area contributed by atoms with Crippen molar-refractivity contribution >= 4 is 11.8 Å². The van der Waals surface area contributed by atoms with Crippen LogP contribution in [0.15, 0.2) is 12.1 Å². The molecular weight excluding hydrogens is 313 g/mol. The van der Waals surface area contributed by atoms with Gasteiger partial charge in [-0.25, -0.2) is 0 Å². The van der Waals surface area contributed by atoms with Gasteiger partial charge in [0.2, 0.25) is 5.91 Å². The fourth-order valence-electron chi connectivity index (χ4n) is 2.48. The molecule has 0 aromatic carbocycles. The molecule has 126 valence electrons. The molecule has 1 aliphatic heterocycles. The Labute approximate surface area is 130 Å². The van der Waals surface area contributed by atoms with Crippen LogP contribution in [-0.4, -0.2) is 34.1 Å². The van der Waals surface area contributed by atoms with E-state index in [4.69, 9.17) is 0 Å². The van der Waals surface area contributed by atoms with E-state index < -0.39 is 17.8 Å². The van der Waals surface area contributed by atoms with E-state index in [9.17, 15) is 22.8 Å². The Balaban J connectivity index is 1.85. The normalized spacial score (nSPS) is 20.2. The number of carbonyl (C=O) groups is 2. The van der Waals surface area contributed by atoms with Gasteiger partial charge in [-0.1, -0.05) is 0 Å². The maximum absolute atomic E-state index is 12.4. The summed E-state index contributed by atoms with van der Waals surface area (Å²) >= 11 is 0. The van der Waals surface area contributed by atoms with Gasteiger partial charge in [0.1, 0.15) is 0 Å². The minimum atomic E-state index is -4.59. The SMILES string of the molecule is CC1(C)CC(CCNC(=O)c2ccc(C(F)(F)F)nn2)C(=O)N1. The summed E-state index contributed by atoms with van der Waals surface area (Å²) in [5.41, 5.74) is -1.61. The maximum atomic E-state index is 12.4. The molecule has 1 unspecified atom stereocenters. The summed E-state index contributed by atoms with van der Waals surface area (Å²) in [6.07, 6.45) is -3.47. The standard InChI is InChI=1S/C14H17F3N4O2/c1-13(2)7-8(11(22)19-13)5-6-18-12(23)9-3-4-10(21-20-9)14(15,16)17/h3-4,8H,5-7H2,1-2H3,(H,18,23)(H,19,22). The zero-order valence-electron chi connectivity index (χ0n) is 12.7. The number of hydrogen-bond donors (Lipinski definition) is 2. The number of hydrogen-bond acceptors (Lipinski definition) is 4. The van der Waals surface area contributed by atoms with E-state index in [0.29, 0.717) is 18.9 Å². The molecule has 1 atom stereocenters. The van der Waals surface area contributed by atoms with Crippen molar-refractivity contribution in [2.75, 3.05) is 6.54 Å². The summed E-state index contributed by atoms with van der Waals surface area (Å²) in [7, 11) is 0. The van der Waals surface area contributed by atoms with Crippen LogP contribution in [0.2, 0.25) is 0 Å². The molecule has 2 heterocycles. The molecule has 0 saturated carbocycles. The van der Waals surface area contributed by atoms with Crippen molar-refractivity contribution in [3.63, 3.8) is 0 Å². The van der Waals surface area contributed by atoms with E-state index >= 15 is 0 Å². The Hall–Kier alpha value is -2.19. The Morgan fingerprint density at radius 1 is 1.39 bits per heavy atom. The van der Waals surface area contributed by atoms with Crippen LogP contribution in [-0.2, 0) is 11.0 Å². The van der Waals surface area contributed by atoms with Crippen molar-refractivity contribution in [3.05, 3.63) is 23.5 Å². The monoisotopic (exact) mass is 330 g/mol. The molecule has 1 fully saturated rings. The lowest BCUT2D eigenvalue weighted by Crippen LogP contribution is -2.34. The topological polar surface area (TPSA) is 84.0 Å². The van der Waals surface area contributed by atoms with Gasteiger partial charge in [0.05, 0.1) is 0 Å². The quantitative estimate of drug-likeness (QED) is 0.877. The largest absolute Gasteiger partial charge is 0.435 e. The molecule has 2 N–H and O–H groups in total. The molecule has 1 aromatic rings. The van der Waals surface area contributed by atoms with Crippen LogP contribution in [0.5, 0.6) is 0 Å². The first-order valence-corrected chi connectivity index (χ1v) is 7.10. The van der Waals surface area contributed by atoms with Gasteiger partial charge in [-0.3, -0.25) is 9.59 Å². The van der Waals surface area contributed by atoms with Gasteiger partial charge in [0, 0.05) is 18.0 Å². The van der Waals surface area contributed by atoms with Crippen LogP contribution in [0.3, 0.4) is 0 Å². The molecule has 2 rings (SSSR count). The minimum Gasteiger partial charge on any atom is -0.351 e. The van der Waals surface area contributed by atoms with Crippen LogP contribution in [0.4, 0.5) is 13.2 Å². The van der Waals surface area contributed by atoms with Gasteiger partial charge in [0.25, 0.3) is 5.91 Å². The average Bonchev–Trinajstić information content (AvgIpc) is 2.70. The van der Waals surface area contributed by atoms with E-state index in [-0.39, 0.29) is 29.6 Å². The van der Waals surface area contributed by atoms with Crippen molar-refractivity contribution in [1.82, 2.24) is 20.8 Å². The first-order valence-electron chi connectivity index (χ1n) is 7.10. The van der Waals surface area contributed by atoms with Crippen molar-refractivity contribution in [1.29, 1.82) is 0 Å². The first-order chi connectivity index (χ1) is 10.6. The number of amides is 2. The van der Waals surface area contributed by atoms with E-state index in [1.807, 2.05) is 13.8 Å². The Bertz CT molecular complexity index is 599. The molecular formula is C14H17F3N4O2. The molecule has 23 heavy (non-hydrogen) atoms. The summed E-state index contributed by atoms with van der Waals surface area (Å²) in [5, 5.41) is 11.6. The molecule has 0 aliphatic carbocycles. The highest BCUT2D eigenvalue weighted by molar-refractivity contribution is 5.92. The third kappa shape index (κ3) is 4.40. The van der Waals surface area contributed by atoms with Gasteiger partial charge in [0.15, 0.2) is 11.4 Å². The van der Waals surface area contributed by atoms with Crippen molar-refractivity contribution in [3.8, 4) is 0 Å². The van der Waals surface area contributed by atoms with Crippen LogP contribution in [0, 0.1) is 5.92 Å². The second-order valence-electron chi connectivity index (χ2n) is 6.12. The van der Waals surface area contributed by atoms with Crippen LogP contribution in [0.25, 0.3) is 0 Å². The zero-order chi connectivity index (χ0) is 17.3. The van der Waals surface area contributed by atoms with Crippen LogP contribution < -0.4 is 10.6 Å². The zero-order valence-corrected chi connectivity index (χ0v) is 12.7. The number of alkyl halides is 3. The maximum Gasteiger partial charge on any atom is 0.435 e. The summed E-state index contributed by atoms with van der Waals surface area (Å²) < 4.78 is 37.1. The molecule has 1 aromatic heterocycles. The molecule has 2 amide bonds. The van der Waals surface area contributed by atoms with Crippen LogP contribution >= 0.6 is 0 Å². The number of nitrogens with one attached hydrogen (secondary N) is 2. The lowest BCUT2D eigenvalue weighted by Gasteiger charge is -2.16. The second-order valence-corrected chi connectivity index (χ2v) is 6.12. The summed E-state index contributed by atoms with van der Waals surface area (Å²) in [6.45, 7) is 4.07. The molecule has 6 nitrogen and oxygen atoms in total. The Morgan fingerprint density at radius 3 is 2.57 bits per heavy atom. The molecule has 1 aliphatic rings. The number of nitrogens with zero attached hydrogens (tertiary/aromatic N) is 2. The average molecular weight is 330 g/mol. The Morgan fingerprint density at radius 2 is 2.09 bits per heavy atom. The highest BCUT2D eigenvalue weighted by Gasteiger charge is 2.36. The lowest BCUT2D eigenvalue weighted by atomic mass is 9.94. The van der Waals surface area contributed by atoms with Crippen molar-refractivity contribution in [2.45, 2.75) is 38.4 Å². The smallest absolute Gasteiger partial charge is 0.351 e. The fourth-order valence-corrected chi connectivity index (χ4v) is 2.48. The van der Waals surface area contributed by atoms with E-state index in [1.54, 1.807) is 0 Å². The number of halogens is 3. The second kappa shape index (κ2) is 6.13. The fraction of sp³-hybridized carbons (Fsp3) is 0.571. The predicted octanol–water partition coefficient (Wildman–Crippen LogP) is 1.53. The summed E-state index contributed by atoms with van der Waals surface area (Å²) in [6, 6.07) is 1.67. The van der Waals surface area contributed by atoms with Gasteiger partial charge in [-0.15, -0.1) is 10.2 Å². The number of carbonyl (C=O) groups excluding carboxylic acids is 2. The molecule has 0 bridgehead atoms. The van der Waals surface area contributed by atoms with Gasteiger partial charge in [-0.05, 0) is 38.8 Å². The molecule has 0 radical (unpaired) electrons. The molecule has 1 saturated heterocycles. The first kappa shape index (κ1) is 17.2. The van der Waals surface area contributed by atoms with E-state index in [1.165, 1.54) is 0 Å². The van der Waals surface area contributed by atoms with E-state index in [2.05, 4.69) is 20.8 Å². The van der Waals surface area contributed by atoms with Crippen LogP contribution in [0.1, 0.15) is 42.9 Å². The third-order valence-electron chi connectivity index (χ3n) is 3.56.